The summed E-state index contributed by atoms with van der Waals surface area (Å²) in [6.07, 6.45) is 11.1. The van der Waals surface area contributed by atoms with Gasteiger partial charge in [-0.2, -0.15) is 0 Å². The Balaban J connectivity index is 0.883. The Hall–Kier alpha value is -8.72. The third-order valence-corrected chi connectivity index (χ3v) is 14.6. The van der Waals surface area contributed by atoms with E-state index in [0.29, 0.717) is 0 Å². The average molecular weight is 895 g/mol. The van der Waals surface area contributed by atoms with Crippen LogP contribution in [0.2, 0.25) is 0 Å². The zero-order valence-electron chi connectivity index (χ0n) is 39.0. The lowest BCUT2D eigenvalue weighted by Gasteiger charge is -2.30. The van der Waals surface area contributed by atoms with Crippen LogP contribution >= 0.6 is 0 Å². The normalized spacial score (nSPS) is 13.5. The summed E-state index contributed by atoms with van der Waals surface area (Å²) >= 11 is 0. The van der Waals surface area contributed by atoms with Crippen LogP contribution in [0.4, 0.5) is 11.4 Å². The quantitative estimate of drug-likeness (QED) is 0.131. The standard InChI is InChI=1S/C68H50N2/c1-3-16-47(17-4-1)48-32-34-49(35-33-48)50-36-40-57(41-37-50)69(58-42-38-51(39-43-58)65-46-55-18-7-8-25-60(55)62-26-9-10-27-63(62)65)59-24-14-20-53(45-59)52-19-13-21-54(44-52)61-29-15-31-67-68(61)64-28-11-12-30-66(64)70(67)56-22-5-2-6-23-56/h1-14,16-30,32-38,40-42,44-46H,15,31,39,43H2. The lowest BCUT2D eigenvalue weighted by atomic mass is 9.88. The van der Waals surface area contributed by atoms with E-state index in [9.17, 15) is 0 Å². The van der Waals surface area contributed by atoms with Crippen molar-refractivity contribution < 1.29 is 0 Å². The van der Waals surface area contributed by atoms with E-state index in [4.69, 9.17) is 0 Å². The number of anilines is 2. The number of rotatable bonds is 9. The molecule has 0 spiro atoms. The van der Waals surface area contributed by atoms with Gasteiger partial charge in [0, 0.05) is 39.4 Å². The van der Waals surface area contributed by atoms with Crippen LogP contribution < -0.4 is 4.90 Å². The molecule has 0 radical (unpaired) electrons. The molecule has 2 aliphatic carbocycles. The topological polar surface area (TPSA) is 8.17 Å². The molecule has 1 aromatic heterocycles. The summed E-state index contributed by atoms with van der Waals surface area (Å²) in [6, 6.07) is 86.9. The van der Waals surface area contributed by atoms with Crippen molar-refractivity contribution in [1.29, 1.82) is 0 Å². The van der Waals surface area contributed by atoms with E-state index in [1.165, 1.54) is 111 Å². The number of para-hydroxylation sites is 2. The number of nitrogens with zero attached hydrogens (tertiary/aromatic N) is 2. The second-order valence-electron chi connectivity index (χ2n) is 18.7. The van der Waals surface area contributed by atoms with Gasteiger partial charge in [-0.1, -0.05) is 194 Å². The highest BCUT2D eigenvalue weighted by Gasteiger charge is 2.25. The average Bonchev–Trinajstić information content (AvgIpc) is 3.79. The van der Waals surface area contributed by atoms with Crippen LogP contribution in [0.25, 0.3) is 82.7 Å². The molecular formula is C68H50N2. The number of hydrogen-bond acceptors (Lipinski definition) is 1. The Morgan fingerprint density at radius 2 is 0.957 bits per heavy atom. The summed E-state index contributed by atoms with van der Waals surface area (Å²) in [7, 11) is 0. The molecule has 0 bridgehead atoms. The molecule has 0 amide bonds. The maximum absolute atomic E-state index is 2.48. The molecule has 332 valence electrons. The minimum absolute atomic E-state index is 0.905. The molecule has 0 aliphatic heterocycles. The zero-order valence-corrected chi connectivity index (χ0v) is 39.0. The molecule has 0 atom stereocenters. The third-order valence-electron chi connectivity index (χ3n) is 14.6. The number of benzene rings is 10. The summed E-state index contributed by atoms with van der Waals surface area (Å²) in [6.45, 7) is 0. The zero-order chi connectivity index (χ0) is 46.4. The van der Waals surface area contributed by atoms with Gasteiger partial charge in [0.15, 0.2) is 0 Å². The van der Waals surface area contributed by atoms with E-state index in [1.54, 1.807) is 0 Å². The lowest BCUT2D eigenvalue weighted by Crippen LogP contribution is -2.18. The Labute approximate surface area is 410 Å². The Kier molecular flexibility index (Phi) is 10.5. The van der Waals surface area contributed by atoms with Gasteiger partial charge in [-0.05, 0) is 164 Å². The predicted molar refractivity (Wildman–Crippen MR) is 297 cm³/mol. The Bertz CT molecular complexity index is 3850. The second-order valence-corrected chi connectivity index (χ2v) is 18.7. The van der Waals surface area contributed by atoms with Crippen molar-refractivity contribution in [2.45, 2.75) is 25.7 Å². The fourth-order valence-electron chi connectivity index (χ4n) is 11.2. The lowest BCUT2D eigenvalue weighted by molar-refractivity contribution is 0.884. The van der Waals surface area contributed by atoms with Gasteiger partial charge in [0.1, 0.15) is 0 Å². The van der Waals surface area contributed by atoms with Gasteiger partial charge in [0.05, 0.1) is 5.52 Å². The van der Waals surface area contributed by atoms with Crippen molar-refractivity contribution >= 4 is 55.0 Å². The number of allylic oxidation sites excluding steroid dienone is 5. The largest absolute Gasteiger partial charge is 0.314 e. The molecule has 2 nitrogen and oxygen atoms in total. The molecule has 0 saturated heterocycles. The molecule has 0 N–H and O–H groups in total. The molecule has 11 aromatic rings. The van der Waals surface area contributed by atoms with E-state index >= 15 is 0 Å². The minimum Gasteiger partial charge on any atom is -0.314 e. The SMILES string of the molecule is C1=C(c2cc3ccccc3c3ccccc23)CCC(N(c2ccc(-c3ccc(-c4ccccc4)cc3)cc2)c2cccc(-c3cccc(C4=CCCc5c4c4ccccc4n5-c4ccccc4)c3)c2)=C1. The van der Waals surface area contributed by atoms with Crippen molar-refractivity contribution in [3.63, 3.8) is 0 Å². The second kappa shape index (κ2) is 17.7. The summed E-state index contributed by atoms with van der Waals surface area (Å²) in [5.41, 5.74) is 21.3. The van der Waals surface area contributed by atoms with E-state index < -0.39 is 0 Å². The van der Waals surface area contributed by atoms with Gasteiger partial charge in [0.2, 0.25) is 0 Å². The van der Waals surface area contributed by atoms with Crippen LogP contribution in [0.3, 0.4) is 0 Å². The van der Waals surface area contributed by atoms with Crippen molar-refractivity contribution in [2.75, 3.05) is 4.90 Å². The Morgan fingerprint density at radius 3 is 1.70 bits per heavy atom. The molecule has 0 saturated carbocycles. The molecule has 13 rings (SSSR count). The predicted octanol–water partition coefficient (Wildman–Crippen LogP) is 18.2. The molecule has 0 unspecified atom stereocenters. The molecule has 0 fully saturated rings. The highest BCUT2D eigenvalue weighted by atomic mass is 15.1. The van der Waals surface area contributed by atoms with Gasteiger partial charge in [-0.25, -0.2) is 0 Å². The van der Waals surface area contributed by atoms with Crippen LogP contribution in [0.15, 0.2) is 261 Å². The van der Waals surface area contributed by atoms with Gasteiger partial charge in [-0.15, -0.1) is 0 Å². The summed E-state index contributed by atoms with van der Waals surface area (Å²) in [5.74, 6) is 0. The molecule has 1 heterocycles. The highest BCUT2D eigenvalue weighted by molar-refractivity contribution is 6.12. The fourth-order valence-corrected chi connectivity index (χ4v) is 11.2. The number of fused-ring (bicyclic) bond motifs is 6. The first-order valence-electron chi connectivity index (χ1n) is 24.7. The fraction of sp³-hybridized carbons (Fsp3) is 0.0588. The minimum atomic E-state index is 0.905. The maximum Gasteiger partial charge on any atom is 0.0537 e. The first-order chi connectivity index (χ1) is 34.7. The van der Waals surface area contributed by atoms with Gasteiger partial charge in [-0.3, -0.25) is 0 Å². The maximum atomic E-state index is 2.48. The molecule has 2 aliphatic rings. The van der Waals surface area contributed by atoms with Gasteiger partial charge in [0.25, 0.3) is 0 Å². The van der Waals surface area contributed by atoms with Crippen LogP contribution in [0.5, 0.6) is 0 Å². The van der Waals surface area contributed by atoms with Crippen molar-refractivity contribution in [3.05, 3.63) is 283 Å². The molecular weight excluding hydrogens is 845 g/mol. The van der Waals surface area contributed by atoms with Crippen LogP contribution in [0.1, 0.15) is 41.6 Å². The number of aromatic nitrogens is 1. The van der Waals surface area contributed by atoms with Crippen LogP contribution in [0, 0.1) is 0 Å². The number of hydrogen-bond donors (Lipinski definition) is 0. The van der Waals surface area contributed by atoms with E-state index in [2.05, 4.69) is 264 Å². The molecule has 2 heteroatoms. The first-order valence-corrected chi connectivity index (χ1v) is 24.7. The monoisotopic (exact) mass is 894 g/mol. The molecule has 10 aromatic carbocycles. The van der Waals surface area contributed by atoms with E-state index in [1.807, 2.05) is 0 Å². The Morgan fingerprint density at radius 1 is 0.371 bits per heavy atom. The summed E-state index contributed by atoms with van der Waals surface area (Å²) < 4.78 is 2.48. The first kappa shape index (κ1) is 41.5. The van der Waals surface area contributed by atoms with Gasteiger partial charge >= 0.3 is 0 Å². The van der Waals surface area contributed by atoms with E-state index in [0.717, 1.165) is 37.1 Å². The summed E-state index contributed by atoms with van der Waals surface area (Å²) in [5, 5.41) is 6.51. The highest BCUT2D eigenvalue weighted by Crippen LogP contribution is 2.44. The van der Waals surface area contributed by atoms with Crippen LogP contribution in [-0.2, 0) is 6.42 Å². The van der Waals surface area contributed by atoms with E-state index in [-0.39, 0.29) is 0 Å². The smallest absolute Gasteiger partial charge is 0.0537 e. The third kappa shape index (κ3) is 7.46. The van der Waals surface area contributed by atoms with Crippen LogP contribution in [-0.4, -0.2) is 4.57 Å². The van der Waals surface area contributed by atoms with Crippen molar-refractivity contribution in [2.24, 2.45) is 0 Å². The van der Waals surface area contributed by atoms with Crippen molar-refractivity contribution in [1.82, 2.24) is 4.57 Å². The summed E-state index contributed by atoms with van der Waals surface area (Å²) in [4.78, 5) is 2.48. The molecule has 70 heavy (non-hydrogen) atoms. The van der Waals surface area contributed by atoms with Gasteiger partial charge < -0.3 is 9.47 Å². The van der Waals surface area contributed by atoms with Crippen molar-refractivity contribution in [3.8, 4) is 39.1 Å².